The van der Waals surface area contributed by atoms with E-state index >= 15 is 0 Å². The molecule has 2 nitrogen and oxygen atoms in total. The van der Waals surface area contributed by atoms with E-state index in [0.29, 0.717) is 0 Å². The second-order valence-corrected chi connectivity index (χ2v) is 3.97. The largest absolute Gasteiger partial charge is 0.370 e. The quantitative estimate of drug-likeness (QED) is 0.755. The molecule has 1 aromatic rings. The fraction of sp³-hybridized carbons (Fsp3) is 0.273. The van der Waals surface area contributed by atoms with Crippen molar-refractivity contribution in [3.63, 3.8) is 0 Å². The number of rotatable bonds is 1. The normalized spacial score (nSPS) is 19.6. The summed E-state index contributed by atoms with van der Waals surface area (Å²) in [5.74, 6) is 0. The molecule has 0 bridgehead atoms. The van der Waals surface area contributed by atoms with Crippen molar-refractivity contribution in [2.75, 3.05) is 5.32 Å². The first kappa shape index (κ1) is 9.74. The Labute approximate surface area is 91.8 Å². The van der Waals surface area contributed by atoms with Crippen LogP contribution in [0, 0.1) is 0 Å². The molecule has 74 valence electrons. The molecule has 1 aliphatic heterocycles. The van der Waals surface area contributed by atoms with Crippen molar-refractivity contribution in [1.82, 2.24) is 0 Å². The van der Waals surface area contributed by atoms with Crippen molar-refractivity contribution in [1.29, 1.82) is 0 Å². The van der Waals surface area contributed by atoms with Gasteiger partial charge in [0, 0.05) is 16.6 Å². The number of fused-ring (bicyclic) bond motifs is 1. The zero-order valence-electron chi connectivity index (χ0n) is 7.92. The third-order valence-electron chi connectivity index (χ3n) is 2.42. The Morgan fingerprint density at radius 3 is 3.00 bits per heavy atom. The molecule has 2 N–H and O–H groups in total. The van der Waals surface area contributed by atoms with Crippen LogP contribution < -0.4 is 5.32 Å². The second kappa shape index (κ2) is 3.75. The Hall–Kier alpha value is -0.800. The minimum Gasteiger partial charge on any atom is -0.370 e. The van der Waals surface area contributed by atoms with E-state index in [1.165, 1.54) is 11.1 Å². The standard InChI is InChI=1S/C11H12BrNO/c1-7-5-10(14)13-11-8(6-12)3-2-4-9(7)11/h2-5,10,13-14H,6H2,1H3. The first-order chi connectivity index (χ1) is 6.72. The third-order valence-corrected chi connectivity index (χ3v) is 3.02. The number of anilines is 1. The van der Waals surface area contributed by atoms with Crippen LogP contribution >= 0.6 is 15.9 Å². The molecule has 1 aliphatic rings. The highest BCUT2D eigenvalue weighted by atomic mass is 79.9. The fourth-order valence-electron chi connectivity index (χ4n) is 1.73. The lowest BCUT2D eigenvalue weighted by atomic mass is 9.98. The Bertz CT molecular complexity index is 387. The Kier molecular flexibility index (Phi) is 2.61. The zero-order chi connectivity index (χ0) is 10.1. The summed E-state index contributed by atoms with van der Waals surface area (Å²) in [5, 5.41) is 13.4. The van der Waals surface area contributed by atoms with Crippen molar-refractivity contribution in [2.24, 2.45) is 0 Å². The van der Waals surface area contributed by atoms with Crippen molar-refractivity contribution in [3.8, 4) is 0 Å². The summed E-state index contributed by atoms with van der Waals surface area (Å²) in [4.78, 5) is 0. The third kappa shape index (κ3) is 1.57. The van der Waals surface area contributed by atoms with Gasteiger partial charge in [0.1, 0.15) is 6.23 Å². The minimum absolute atomic E-state index is 0.567. The van der Waals surface area contributed by atoms with Crippen LogP contribution in [0.1, 0.15) is 18.1 Å². The van der Waals surface area contributed by atoms with Gasteiger partial charge in [-0.3, -0.25) is 0 Å². The van der Waals surface area contributed by atoms with Crippen LogP contribution in [-0.4, -0.2) is 11.3 Å². The smallest absolute Gasteiger partial charge is 0.144 e. The highest BCUT2D eigenvalue weighted by Crippen LogP contribution is 2.32. The van der Waals surface area contributed by atoms with E-state index in [2.05, 4.69) is 27.3 Å². The minimum atomic E-state index is -0.567. The van der Waals surface area contributed by atoms with Gasteiger partial charge in [-0.25, -0.2) is 0 Å². The number of hydrogen-bond donors (Lipinski definition) is 2. The van der Waals surface area contributed by atoms with E-state index in [0.717, 1.165) is 16.6 Å². The first-order valence-corrected chi connectivity index (χ1v) is 5.66. The zero-order valence-corrected chi connectivity index (χ0v) is 9.51. The maximum atomic E-state index is 9.54. The predicted molar refractivity (Wildman–Crippen MR) is 62.4 cm³/mol. The maximum absolute atomic E-state index is 9.54. The molecule has 0 aromatic heterocycles. The first-order valence-electron chi connectivity index (χ1n) is 4.53. The van der Waals surface area contributed by atoms with Gasteiger partial charge in [0.25, 0.3) is 0 Å². The molecule has 1 aromatic carbocycles. The summed E-state index contributed by atoms with van der Waals surface area (Å²) >= 11 is 3.44. The maximum Gasteiger partial charge on any atom is 0.144 e. The molecule has 0 saturated carbocycles. The number of halogens is 1. The lowest BCUT2D eigenvalue weighted by Crippen LogP contribution is -2.21. The Balaban J connectivity index is 2.56. The fourth-order valence-corrected chi connectivity index (χ4v) is 2.19. The number of nitrogens with one attached hydrogen (secondary N) is 1. The van der Waals surface area contributed by atoms with Crippen molar-refractivity contribution < 1.29 is 5.11 Å². The van der Waals surface area contributed by atoms with Crippen molar-refractivity contribution >= 4 is 27.2 Å². The van der Waals surface area contributed by atoms with Gasteiger partial charge in [-0.1, -0.05) is 34.1 Å². The Morgan fingerprint density at radius 2 is 2.29 bits per heavy atom. The van der Waals surface area contributed by atoms with Gasteiger partial charge >= 0.3 is 0 Å². The molecule has 14 heavy (non-hydrogen) atoms. The molecule has 0 spiro atoms. The summed E-state index contributed by atoms with van der Waals surface area (Å²) in [5.41, 5.74) is 4.51. The average molecular weight is 254 g/mol. The molecule has 3 heteroatoms. The van der Waals surface area contributed by atoms with Gasteiger partial charge in [-0.05, 0) is 24.1 Å². The van der Waals surface area contributed by atoms with E-state index in [-0.39, 0.29) is 0 Å². The molecule has 0 aliphatic carbocycles. The predicted octanol–water partition coefficient (Wildman–Crippen LogP) is 2.73. The summed E-state index contributed by atoms with van der Waals surface area (Å²) in [6.07, 6.45) is 1.25. The van der Waals surface area contributed by atoms with Crippen LogP contribution in [0.25, 0.3) is 5.57 Å². The van der Waals surface area contributed by atoms with E-state index < -0.39 is 6.23 Å². The summed E-state index contributed by atoms with van der Waals surface area (Å²) in [7, 11) is 0. The highest BCUT2D eigenvalue weighted by Gasteiger charge is 2.16. The van der Waals surface area contributed by atoms with E-state index in [9.17, 15) is 5.11 Å². The molecular formula is C11H12BrNO. The van der Waals surface area contributed by atoms with Crippen LogP contribution in [-0.2, 0) is 5.33 Å². The molecule has 1 atom stereocenters. The van der Waals surface area contributed by atoms with E-state index in [1.807, 2.05) is 25.1 Å². The lowest BCUT2D eigenvalue weighted by Gasteiger charge is -2.23. The van der Waals surface area contributed by atoms with Crippen molar-refractivity contribution in [3.05, 3.63) is 35.4 Å². The van der Waals surface area contributed by atoms with Gasteiger partial charge < -0.3 is 10.4 Å². The SMILES string of the molecule is CC1=CC(O)Nc2c(CBr)cccc21. The van der Waals surface area contributed by atoms with Gasteiger partial charge in [-0.15, -0.1) is 0 Å². The lowest BCUT2D eigenvalue weighted by molar-refractivity contribution is 0.251. The molecule has 0 fully saturated rings. The molecule has 2 rings (SSSR count). The molecule has 0 radical (unpaired) electrons. The van der Waals surface area contributed by atoms with Gasteiger partial charge in [-0.2, -0.15) is 0 Å². The van der Waals surface area contributed by atoms with Crippen LogP contribution in [0.15, 0.2) is 24.3 Å². The number of alkyl halides is 1. The molecule has 1 heterocycles. The topological polar surface area (TPSA) is 32.3 Å². The van der Waals surface area contributed by atoms with E-state index in [4.69, 9.17) is 0 Å². The highest BCUT2D eigenvalue weighted by molar-refractivity contribution is 9.08. The van der Waals surface area contributed by atoms with Gasteiger partial charge in [0.15, 0.2) is 0 Å². The van der Waals surface area contributed by atoms with Crippen LogP contribution in [0.2, 0.25) is 0 Å². The number of benzene rings is 1. The van der Waals surface area contributed by atoms with Gasteiger partial charge in [0.05, 0.1) is 0 Å². The number of hydrogen-bond acceptors (Lipinski definition) is 2. The number of aliphatic hydroxyl groups excluding tert-OH is 1. The van der Waals surface area contributed by atoms with Gasteiger partial charge in [0.2, 0.25) is 0 Å². The molecule has 0 amide bonds. The van der Waals surface area contributed by atoms with Crippen LogP contribution in [0.5, 0.6) is 0 Å². The average Bonchev–Trinajstić information content (AvgIpc) is 2.17. The monoisotopic (exact) mass is 253 g/mol. The van der Waals surface area contributed by atoms with Crippen LogP contribution in [0.4, 0.5) is 5.69 Å². The van der Waals surface area contributed by atoms with Crippen molar-refractivity contribution in [2.45, 2.75) is 18.5 Å². The number of para-hydroxylation sites is 1. The summed E-state index contributed by atoms with van der Waals surface area (Å²) < 4.78 is 0. The van der Waals surface area contributed by atoms with Crippen LogP contribution in [0.3, 0.4) is 0 Å². The number of aliphatic hydroxyl groups is 1. The molecular weight excluding hydrogens is 242 g/mol. The second-order valence-electron chi connectivity index (χ2n) is 3.41. The Morgan fingerprint density at radius 1 is 1.50 bits per heavy atom. The molecule has 1 unspecified atom stereocenters. The van der Waals surface area contributed by atoms with E-state index in [1.54, 1.807) is 0 Å². The summed E-state index contributed by atoms with van der Waals surface area (Å²) in [6, 6.07) is 6.14. The number of allylic oxidation sites excluding steroid dienone is 1. The molecule has 0 saturated heterocycles. The summed E-state index contributed by atoms with van der Waals surface area (Å²) in [6.45, 7) is 2.01.